The quantitative estimate of drug-likeness (QED) is 0.770. The van der Waals surface area contributed by atoms with Gasteiger partial charge in [-0.1, -0.05) is 23.2 Å². The van der Waals surface area contributed by atoms with Crippen molar-refractivity contribution in [2.24, 2.45) is 0 Å². The summed E-state index contributed by atoms with van der Waals surface area (Å²) in [5.41, 5.74) is 0.560. The lowest BCUT2D eigenvalue weighted by Crippen LogP contribution is -2.55. The predicted molar refractivity (Wildman–Crippen MR) is 104 cm³/mol. The molecule has 1 aromatic rings. The summed E-state index contributed by atoms with van der Waals surface area (Å²) < 4.78 is 0. The van der Waals surface area contributed by atoms with Gasteiger partial charge in [-0.25, -0.2) is 0 Å². The number of halogens is 2. The highest BCUT2D eigenvalue weighted by Crippen LogP contribution is 2.25. The van der Waals surface area contributed by atoms with E-state index in [9.17, 15) is 9.59 Å². The maximum Gasteiger partial charge on any atom is 0.238 e. The average molecular weight is 399 g/mol. The summed E-state index contributed by atoms with van der Waals surface area (Å²) in [6.45, 7) is 5.30. The fourth-order valence-electron chi connectivity index (χ4n) is 3.01. The number of carbonyl (C=O) groups excluding carboxylic acids is 2. The molecule has 1 saturated heterocycles. The Morgan fingerprint density at radius 1 is 1.19 bits per heavy atom. The molecule has 26 heavy (non-hydrogen) atoms. The van der Waals surface area contributed by atoms with Gasteiger partial charge in [0, 0.05) is 37.2 Å². The maximum atomic E-state index is 12.2. The van der Waals surface area contributed by atoms with Crippen molar-refractivity contribution in [2.75, 3.05) is 38.0 Å². The molecule has 2 N–H and O–H groups in total. The van der Waals surface area contributed by atoms with Gasteiger partial charge < -0.3 is 10.6 Å². The molecule has 1 saturated carbocycles. The molecule has 2 fully saturated rings. The predicted octanol–water partition coefficient (Wildman–Crippen LogP) is 2.22. The minimum absolute atomic E-state index is 0.107. The van der Waals surface area contributed by atoms with Crippen molar-refractivity contribution in [3.8, 4) is 0 Å². The molecule has 2 amide bonds. The van der Waals surface area contributed by atoms with Gasteiger partial charge in [-0.05, 0) is 38.0 Å². The van der Waals surface area contributed by atoms with Gasteiger partial charge >= 0.3 is 0 Å². The summed E-state index contributed by atoms with van der Waals surface area (Å²) in [7, 11) is 0. The first-order chi connectivity index (χ1) is 12.4. The molecule has 1 heterocycles. The second-order valence-electron chi connectivity index (χ2n) is 6.94. The molecule has 0 radical (unpaired) electrons. The van der Waals surface area contributed by atoms with Crippen LogP contribution in [0.3, 0.4) is 0 Å². The number of anilines is 1. The Kier molecular flexibility index (Phi) is 6.40. The molecule has 0 aromatic heterocycles. The largest absolute Gasteiger partial charge is 0.352 e. The molecule has 0 bridgehead atoms. The van der Waals surface area contributed by atoms with Gasteiger partial charge in [0.05, 0.1) is 23.3 Å². The third-order valence-electron chi connectivity index (χ3n) is 4.83. The number of carbonyl (C=O) groups is 2. The van der Waals surface area contributed by atoms with Crippen molar-refractivity contribution in [2.45, 2.75) is 31.8 Å². The standard InChI is InChI=1S/C18H24Cl2N4O2/c1-12(18(26)21-14-3-4-14)24-8-6-23(7-9-24)11-17(25)22-16-5-2-13(19)10-15(16)20/h2,5,10,12,14H,3-4,6-9,11H2,1H3,(H,21,26)(H,22,25)/t12-/m1/s1. The van der Waals surface area contributed by atoms with Crippen LogP contribution in [-0.2, 0) is 9.59 Å². The van der Waals surface area contributed by atoms with E-state index in [1.165, 1.54) is 0 Å². The Bertz CT molecular complexity index is 673. The highest BCUT2D eigenvalue weighted by Gasteiger charge is 2.30. The number of piperazine rings is 1. The van der Waals surface area contributed by atoms with Crippen molar-refractivity contribution < 1.29 is 9.59 Å². The average Bonchev–Trinajstić information content (AvgIpc) is 3.41. The highest BCUT2D eigenvalue weighted by molar-refractivity contribution is 6.36. The van der Waals surface area contributed by atoms with Crippen molar-refractivity contribution in [3.63, 3.8) is 0 Å². The molecule has 1 aliphatic carbocycles. The number of hydrogen-bond donors (Lipinski definition) is 2. The lowest BCUT2D eigenvalue weighted by atomic mass is 10.2. The number of benzene rings is 1. The number of rotatable bonds is 6. The summed E-state index contributed by atoms with van der Waals surface area (Å²) >= 11 is 11.9. The molecule has 1 aromatic carbocycles. The molecule has 1 atom stereocenters. The number of amides is 2. The lowest BCUT2D eigenvalue weighted by Gasteiger charge is -2.37. The Labute approximate surface area is 163 Å². The van der Waals surface area contributed by atoms with Crippen LogP contribution in [0.1, 0.15) is 19.8 Å². The molecular weight excluding hydrogens is 375 g/mol. The van der Waals surface area contributed by atoms with Crippen molar-refractivity contribution in [1.29, 1.82) is 0 Å². The van der Waals surface area contributed by atoms with E-state index in [1.54, 1.807) is 18.2 Å². The lowest BCUT2D eigenvalue weighted by molar-refractivity contribution is -0.127. The zero-order valence-electron chi connectivity index (χ0n) is 14.8. The smallest absolute Gasteiger partial charge is 0.238 e. The summed E-state index contributed by atoms with van der Waals surface area (Å²) in [5, 5.41) is 6.82. The van der Waals surface area contributed by atoms with Gasteiger partial charge in [0.2, 0.25) is 11.8 Å². The first kappa shape index (κ1) is 19.4. The Morgan fingerprint density at radius 3 is 2.50 bits per heavy atom. The summed E-state index contributed by atoms with van der Waals surface area (Å²) in [5.74, 6) is -0.00160. The molecule has 0 unspecified atom stereocenters. The molecule has 0 spiro atoms. The summed E-state index contributed by atoms with van der Waals surface area (Å²) in [6.07, 6.45) is 2.19. The second kappa shape index (κ2) is 8.57. The molecule has 2 aliphatic rings. The van der Waals surface area contributed by atoms with Gasteiger partial charge in [0.25, 0.3) is 0 Å². The third-order valence-corrected chi connectivity index (χ3v) is 5.38. The van der Waals surface area contributed by atoms with Crippen LogP contribution in [0.2, 0.25) is 10.0 Å². The Morgan fingerprint density at radius 2 is 1.88 bits per heavy atom. The van der Waals surface area contributed by atoms with Gasteiger partial charge in [-0.2, -0.15) is 0 Å². The zero-order chi connectivity index (χ0) is 18.7. The van der Waals surface area contributed by atoms with Crippen LogP contribution >= 0.6 is 23.2 Å². The Hall–Kier alpha value is -1.34. The SMILES string of the molecule is C[C@H](C(=O)NC1CC1)N1CCN(CC(=O)Nc2ccc(Cl)cc2Cl)CC1. The summed E-state index contributed by atoms with van der Waals surface area (Å²) in [6, 6.07) is 5.25. The maximum absolute atomic E-state index is 12.2. The van der Waals surface area contributed by atoms with E-state index in [4.69, 9.17) is 23.2 Å². The molecule has 1 aliphatic heterocycles. The van der Waals surface area contributed by atoms with Crippen LogP contribution in [0.15, 0.2) is 18.2 Å². The van der Waals surface area contributed by atoms with E-state index >= 15 is 0 Å². The normalized spacial score (nSPS) is 19.8. The van der Waals surface area contributed by atoms with Crippen molar-refractivity contribution in [1.82, 2.24) is 15.1 Å². The number of hydrogen-bond acceptors (Lipinski definition) is 4. The molecule has 6 nitrogen and oxygen atoms in total. The van der Waals surface area contributed by atoms with Gasteiger partial charge in [-0.15, -0.1) is 0 Å². The molecule has 8 heteroatoms. The number of nitrogens with one attached hydrogen (secondary N) is 2. The van der Waals surface area contributed by atoms with Gasteiger partial charge in [0.1, 0.15) is 0 Å². The topological polar surface area (TPSA) is 64.7 Å². The van der Waals surface area contributed by atoms with Crippen LogP contribution in [0.4, 0.5) is 5.69 Å². The molecule has 3 rings (SSSR count). The zero-order valence-corrected chi connectivity index (χ0v) is 16.3. The molecular formula is C18H24Cl2N4O2. The fourth-order valence-corrected chi connectivity index (χ4v) is 3.46. The third kappa shape index (κ3) is 5.33. The van der Waals surface area contributed by atoms with Crippen LogP contribution in [-0.4, -0.2) is 66.4 Å². The monoisotopic (exact) mass is 398 g/mol. The van der Waals surface area contributed by atoms with Crippen LogP contribution in [0.5, 0.6) is 0 Å². The van der Waals surface area contributed by atoms with Crippen LogP contribution in [0, 0.1) is 0 Å². The summed E-state index contributed by atoms with van der Waals surface area (Å²) in [4.78, 5) is 28.7. The van der Waals surface area contributed by atoms with Crippen LogP contribution < -0.4 is 10.6 Å². The minimum Gasteiger partial charge on any atom is -0.352 e. The van der Waals surface area contributed by atoms with E-state index in [1.807, 2.05) is 6.92 Å². The first-order valence-corrected chi connectivity index (χ1v) is 9.69. The highest BCUT2D eigenvalue weighted by atomic mass is 35.5. The fraction of sp³-hybridized carbons (Fsp3) is 0.556. The van der Waals surface area contributed by atoms with E-state index in [2.05, 4.69) is 20.4 Å². The van der Waals surface area contributed by atoms with E-state index in [-0.39, 0.29) is 17.9 Å². The van der Waals surface area contributed by atoms with E-state index in [0.717, 1.165) is 39.0 Å². The van der Waals surface area contributed by atoms with Crippen molar-refractivity contribution in [3.05, 3.63) is 28.2 Å². The number of nitrogens with zero attached hydrogens (tertiary/aromatic N) is 2. The molecule has 142 valence electrons. The second-order valence-corrected chi connectivity index (χ2v) is 7.79. The van der Waals surface area contributed by atoms with E-state index < -0.39 is 0 Å². The van der Waals surface area contributed by atoms with Crippen LogP contribution in [0.25, 0.3) is 0 Å². The van der Waals surface area contributed by atoms with Gasteiger partial charge in [-0.3, -0.25) is 19.4 Å². The Balaban J connectivity index is 1.43. The van der Waals surface area contributed by atoms with Gasteiger partial charge in [0.15, 0.2) is 0 Å². The van der Waals surface area contributed by atoms with Crippen molar-refractivity contribution >= 4 is 40.7 Å². The first-order valence-electron chi connectivity index (χ1n) is 8.94. The minimum atomic E-state index is -0.126. The van der Waals surface area contributed by atoms with E-state index in [0.29, 0.717) is 28.3 Å².